The predicted octanol–water partition coefficient (Wildman–Crippen LogP) is 2.10. The van der Waals surface area contributed by atoms with Crippen LogP contribution < -0.4 is 0 Å². The minimum atomic E-state index is -1.32. The lowest BCUT2D eigenvalue weighted by Gasteiger charge is -2.28. The van der Waals surface area contributed by atoms with Gasteiger partial charge in [0.1, 0.15) is 12.2 Å². The highest BCUT2D eigenvalue weighted by Gasteiger charge is 2.32. The van der Waals surface area contributed by atoms with Crippen LogP contribution >= 0.6 is 0 Å². The summed E-state index contributed by atoms with van der Waals surface area (Å²) in [6, 6.07) is 18.3. The summed E-state index contributed by atoms with van der Waals surface area (Å²) >= 11 is 0. The van der Waals surface area contributed by atoms with Crippen LogP contribution in [0.1, 0.15) is 11.1 Å². The van der Waals surface area contributed by atoms with Crippen molar-refractivity contribution in [2.75, 3.05) is 6.61 Å². The van der Waals surface area contributed by atoms with E-state index in [1.165, 1.54) is 0 Å². The van der Waals surface area contributed by atoms with E-state index in [9.17, 15) is 9.90 Å². The first kappa shape index (κ1) is 12.3. The zero-order valence-corrected chi connectivity index (χ0v) is 9.82. The van der Waals surface area contributed by atoms with Gasteiger partial charge in [0.2, 0.25) is 0 Å². The van der Waals surface area contributed by atoms with Gasteiger partial charge in [-0.05, 0) is 11.1 Å². The van der Waals surface area contributed by atoms with Crippen molar-refractivity contribution < 1.29 is 14.6 Å². The van der Waals surface area contributed by atoms with Gasteiger partial charge in [0, 0.05) is 0 Å². The smallest absolute Gasteiger partial charge is 0.293 e. The monoisotopic (exact) mass is 242 g/mol. The average Bonchev–Trinajstić information content (AvgIpc) is 2.46. The second kappa shape index (κ2) is 5.47. The number of carbonyl (C=O) groups is 1. The minimum absolute atomic E-state index is 0.107. The van der Waals surface area contributed by atoms with Crippen molar-refractivity contribution in [2.45, 2.75) is 5.60 Å². The van der Waals surface area contributed by atoms with Crippen molar-refractivity contribution in [2.24, 2.45) is 0 Å². The number of carbonyl (C=O) groups excluding carboxylic acids is 1. The van der Waals surface area contributed by atoms with E-state index in [4.69, 9.17) is 4.74 Å². The van der Waals surface area contributed by atoms with Crippen LogP contribution in [0.4, 0.5) is 0 Å². The summed E-state index contributed by atoms with van der Waals surface area (Å²) in [5, 5.41) is 10.8. The molecular weight excluding hydrogens is 228 g/mol. The lowest BCUT2D eigenvalue weighted by Crippen LogP contribution is -2.32. The molecule has 2 aromatic rings. The Morgan fingerprint density at radius 2 is 1.39 bits per heavy atom. The Morgan fingerprint density at radius 1 is 0.944 bits per heavy atom. The van der Waals surface area contributed by atoms with Crippen molar-refractivity contribution in [1.82, 2.24) is 0 Å². The Balaban J connectivity index is 2.44. The molecule has 0 aliphatic carbocycles. The summed E-state index contributed by atoms with van der Waals surface area (Å²) in [4.78, 5) is 10.4. The Bertz CT molecular complexity index is 454. The number of benzene rings is 2. The van der Waals surface area contributed by atoms with E-state index in [1.54, 1.807) is 24.3 Å². The molecule has 2 rings (SSSR count). The molecule has 0 radical (unpaired) electrons. The van der Waals surface area contributed by atoms with Gasteiger partial charge in [0.15, 0.2) is 0 Å². The van der Waals surface area contributed by atoms with Gasteiger partial charge in [-0.2, -0.15) is 0 Å². The first-order valence-electron chi connectivity index (χ1n) is 5.66. The molecule has 0 unspecified atom stereocenters. The zero-order valence-electron chi connectivity index (χ0n) is 9.82. The molecule has 0 amide bonds. The molecule has 1 N–H and O–H groups in total. The quantitative estimate of drug-likeness (QED) is 0.817. The summed E-state index contributed by atoms with van der Waals surface area (Å²) in [6.07, 6.45) is 0. The SMILES string of the molecule is O=COCC(O)(c1ccccc1)c1ccccc1. The fourth-order valence-electron chi connectivity index (χ4n) is 1.92. The lowest BCUT2D eigenvalue weighted by atomic mass is 9.87. The highest BCUT2D eigenvalue weighted by Crippen LogP contribution is 2.29. The number of ether oxygens (including phenoxy) is 1. The van der Waals surface area contributed by atoms with Crippen LogP contribution in [0.3, 0.4) is 0 Å². The molecule has 18 heavy (non-hydrogen) atoms. The summed E-state index contributed by atoms with van der Waals surface area (Å²) in [7, 11) is 0. The van der Waals surface area contributed by atoms with Crippen LogP contribution in [0.25, 0.3) is 0 Å². The fraction of sp³-hybridized carbons (Fsp3) is 0.133. The summed E-state index contributed by atoms with van der Waals surface area (Å²) < 4.78 is 4.78. The number of rotatable bonds is 5. The number of aliphatic hydroxyl groups is 1. The van der Waals surface area contributed by atoms with Gasteiger partial charge in [0.25, 0.3) is 6.47 Å². The van der Waals surface area contributed by atoms with Crippen LogP contribution in [0.2, 0.25) is 0 Å². The topological polar surface area (TPSA) is 46.5 Å². The van der Waals surface area contributed by atoms with E-state index in [-0.39, 0.29) is 6.61 Å². The third-order valence-corrected chi connectivity index (χ3v) is 2.86. The van der Waals surface area contributed by atoms with Crippen molar-refractivity contribution in [3.8, 4) is 0 Å². The van der Waals surface area contributed by atoms with Crippen molar-refractivity contribution >= 4 is 6.47 Å². The first-order chi connectivity index (χ1) is 8.77. The van der Waals surface area contributed by atoms with Crippen molar-refractivity contribution in [3.63, 3.8) is 0 Å². The van der Waals surface area contributed by atoms with E-state index in [0.717, 1.165) is 0 Å². The molecule has 2 aromatic carbocycles. The maximum atomic E-state index is 10.8. The van der Waals surface area contributed by atoms with Gasteiger partial charge in [0.05, 0.1) is 0 Å². The van der Waals surface area contributed by atoms with Crippen LogP contribution in [-0.4, -0.2) is 18.2 Å². The maximum Gasteiger partial charge on any atom is 0.293 e. The zero-order chi connectivity index (χ0) is 12.8. The highest BCUT2D eigenvalue weighted by molar-refractivity contribution is 5.40. The third kappa shape index (κ3) is 2.41. The Labute approximate surface area is 106 Å². The summed E-state index contributed by atoms with van der Waals surface area (Å²) in [5.74, 6) is 0. The predicted molar refractivity (Wildman–Crippen MR) is 67.9 cm³/mol. The maximum absolute atomic E-state index is 10.8. The van der Waals surface area contributed by atoms with Gasteiger partial charge in [-0.3, -0.25) is 4.79 Å². The molecular formula is C15H14O3. The molecule has 0 saturated carbocycles. The molecule has 3 nitrogen and oxygen atoms in total. The number of hydrogen-bond acceptors (Lipinski definition) is 3. The van der Waals surface area contributed by atoms with Gasteiger partial charge in [-0.15, -0.1) is 0 Å². The van der Waals surface area contributed by atoms with Crippen LogP contribution in [0.5, 0.6) is 0 Å². The van der Waals surface area contributed by atoms with E-state index >= 15 is 0 Å². The molecule has 0 bridgehead atoms. The Kier molecular flexibility index (Phi) is 3.75. The fourth-order valence-corrected chi connectivity index (χ4v) is 1.92. The molecule has 0 atom stereocenters. The lowest BCUT2D eigenvalue weighted by molar-refractivity contribution is -0.134. The Morgan fingerprint density at radius 3 is 1.78 bits per heavy atom. The second-order valence-corrected chi connectivity index (χ2v) is 4.00. The van der Waals surface area contributed by atoms with E-state index < -0.39 is 5.60 Å². The normalized spacial score (nSPS) is 10.9. The van der Waals surface area contributed by atoms with Gasteiger partial charge >= 0.3 is 0 Å². The molecule has 92 valence electrons. The molecule has 0 aliphatic heterocycles. The second-order valence-electron chi connectivity index (χ2n) is 4.00. The van der Waals surface area contributed by atoms with Gasteiger partial charge < -0.3 is 9.84 Å². The Hall–Kier alpha value is -2.13. The van der Waals surface area contributed by atoms with E-state index in [2.05, 4.69) is 0 Å². The molecule has 0 saturated heterocycles. The molecule has 0 heterocycles. The summed E-state index contributed by atoms with van der Waals surface area (Å²) in [6.45, 7) is 0.237. The van der Waals surface area contributed by atoms with E-state index in [1.807, 2.05) is 36.4 Å². The number of hydrogen-bond donors (Lipinski definition) is 1. The van der Waals surface area contributed by atoms with E-state index in [0.29, 0.717) is 17.6 Å². The van der Waals surface area contributed by atoms with Crippen LogP contribution in [-0.2, 0) is 15.1 Å². The highest BCUT2D eigenvalue weighted by atomic mass is 16.5. The molecule has 3 heteroatoms. The largest absolute Gasteiger partial charge is 0.464 e. The van der Waals surface area contributed by atoms with Crippen molar-refractivity contribution in [3.05, 3.63) is 71.8 Å². The molecule has 0 spiro atoms. The van der Waals surface area contributed by atoms with Crippen LogP contribution in [0.15, 0.2) is 60.7 Å². The third-order valence-electron chi connectivity index (χ3n) is 2.86. The average molecular weight is 242 g/mol. The minimum Gasteiger partial charge on any atom is -0.464 e. The first-order valence-corrected chi connectivity index (χ1v) is 5.66. The standard InChI is InChI=1S/C15H14O3/c16-12-18-11-15(17,13-7-3-1-4-8-13)14-9-5-2-6-10-14/h1-10,12,17H,11H2. The van der Waals surface area contributed by atoms with Crippen LogP contribution in [0, 0.1) is 0 Å². The van der Waals surface area contributed by atoms with Gasteiger partial charge in [-0.25, -0.2) is 0 Å². The van der Waals surface area contributed by atoms with Crippen molar-refractivity contribution in [1.29, 1.82) is 0 Å². The molecule has 0 aliphatic rings. The summed E-state index contributed by atoms with van der Waals surface area (Å²) in [5.41, 5.74) is 0.0692. The van der Waals surface area contributed by atoms with Gasteiger partial charge in [-0.1, -0.05) is 60.7 Å². The molecule has 0 fully saturated rings. The molecule has 0 aromatic heterocycles.